The topological polar surface area (TPSA) is 76.2 Å². The molecule has 12 heteroatoms. The van der Waals surface area contributed by atoms with E-state index in [0.29, 0.717) is 34.4 Å². The van der Waals surface area contributed by atoms with Crippen molar-refractivity contribution in [2.24, 2.45) is 0 Å². The van der Waals surface area contributed by atoms with Crippen molar-refractivity contribution < 1.29 is 23.9 Å². The van der Waals surface area contributed by atoms with Crippen molar-refractivity contribution in [3.8, 4) is 11.5 Å². The molecule has 0 saturated carbocycles. The highest BCUT2D eigenvalue weighted by Gasteiger charge is 2.58. The first-order valence-corrected chi connectivity index (χ1v) is 14.1. The number of hydrogen-bond acceptors (Lipinski definition) is 5. The molecule has 0 radical (unpaired) electrons. The van der Waals surface area contributed by atoms with Crippen LogP contribution in [-0.2, 0) is 4.79 Å². The van der Waals surface area contributed by atoms with Gasteiger partial charge in [0.2, 0.25) is 0 Å². The summed E-state index contributed by atoms with van der Waals surface area (Å²) in [4.78, 5) is 43.3. The summed E-state index contributed by atoms with van der Waals surface area (Å²) < 4.78 is 11.0. The molecule has 0 aromatic heterocycles. The Kier molecular flexibility index (Phi) is 8.15. The maximum absolute atomic E-state index is 13.7. The molecule has 1 saturated heterocycles. The van der Waals surface area contributed by atoms with E-state index in [2.05, 4.69) is 6.92 Å². The van der Waals surface area contributed by atoms with Crippen LogP contribution in [0.4, 0.5) is 5.69 Å². The van der Waals surface area contributed by atoms with E-state index in [1.807, 2.05) is 0 Å². The van der Waals surface area contributed by atoms with E-state index in [4.69, 9.17) is 67.5 Å². The molecule has 0 spiro atoms. The van der Waals surface area contributed by atoms with E-state index >= 15 is 0 Å². The molecule has 40 heavy (non-hydrogen) atoms. The molecule has 2 heterocycles. The average molecular weight is 643 g/mol. The van der Waals surface area contributed by atoms with Crippen molar-refractivity contribution in [1.29, 1.82) is 0 Å². The van der Waals surface area contributed by atoms with Crippen LogP contribution in [0.5, 0.6) is 11.5 Å². The molecule has 5 rings (SSSR count). The molecule has 3 aromatic carbocycles. The molecule has 2 aliphatic heterocycles. The number of nitrogens with zero attached hydrogens (tertiary/aromatic N) is 2. The van der Waals surface area contributed by atoms with Crippen LogP contribution in [0.15, 0.2) is 42.5 Å². The number of benzene rings is 3. The van der Waals surface area contributed by atoms with E-state index < -0.39 is 29.8 Å². The van der Waals surface area contributed by atoms with Crippen LogP contribution >= 0.6 is 58.0 Å². The number of imide groups is 1. The summed E-state index contributed by atoms with van der Waals surface area (Å²) in [5.41, 5.74) is 0.731. The summed E-state index contributed by atoms with van der Waals surface area (Å²) in [5, 5.41) is -0.428. The fourth-order valence-corrected chi connectivity index (χ4v) is 6.13. The summed E-state index contributed by atoms with van der Waals surface area (Å²) in [6.45, 7) is 2.64. The first-order chi connectivity index (χ1) is 19.1. The molecule has 1 fully saturated rings. The molecular weight excluding hydrogens is 622 g/mol. The second kappa shape index (κ2) is 11.3. The highest BCUT2D eigenvalue weighted by molar-refractivity contribution is 6.55. The molecule has 2 unspecified atom stereocenters. The maximum atomic E-state index is 13.7. The van der Waals surface area contributed by atoms with Crippen LogP contribution in [0.2, 0.25) is 25.1 Å². The summed E-state index contributed by atoms with van der Waals surface area (Å²) in [5.74, 6) is -1.00. The average Bonchev–Trinajstić information content (AvgIpc) is 3.19. The summed E-state index contributed by atoms with van der Waals surface area (Å²) in [6.07, 6.45) is 1.90. The SMILES string of the molecule is CCCCOc1ccc(C2C(N3C(=O)c4c(Cl)c(Cl)c(Cl)c(Cl)c4C3=O)C(=O)N2c2ccc(OC)c(Cl)c2)cc1. The molecule has 2 aliphatic rings. The number of ether oxygens (including phenoxy) is 2. The third kappa shape index (κ3) is 4.58. The molecule has 2 atom stereocenters. The Labute approximate surface area is 255 Å². The van der Waals surface area contributed by atoms with Crippen LogP contribution in [-0.4, -0.2) is 42.4 Å². The smallest absolute Gasteiger partial charge is 0.264 e. The van der Waals surface area contributed by atoms with Gasteiger partial charge in [0.1, 0.15) is 17.5 Å². The molecule has 3 aromatic rings. The van der Waals surface area contributed by atoms with Gasteiger partial charge in [-0.2, -0.15) is 0 Å². The molecule has 3 amide bonds. The van der Waals surface area contributed by atoms with Crippen LogP contribution in [0, 0.1) is 0 Å². The minimum atomic E-state index is -1.20. The summed E-state index contributed by atoms with van der Waals surface area (Å²) in [7, 11) is 1.48. The lowest BCUT2D eigenvalue weighted by molar-refractivity contribution is -0.130. The van der Waals surface area contributed by atoms with Gasteiger partial charge in [0.15, 0.2) is 0 Å². The maximum Gasteiger partial charge on any atom is 0.264 e. The zero-order valence-electron chi connectivity index (χ0n) is 21.1. The standard InChI is InChI=1S/C28H21Cl5N2O5/c1-3-4-11-40-15-8-5-13(6-9-15)24-25(28(38)34(24)14-7-10-17(39-2)16(29)12-14)35-26(36)18-19(27(35)37)21(31)23(33)22(32)20(18)30/h5-10,12,24-25H,3-4,11H2,1-2H3. The van der Waals surface area contributed by atoms with Crippen molar-refractivity contribution in [3.05, 3.63) is 84.3 Å². The summed E-state index contributed by atoms with van der Waals surface area (Å²) in [6, 6.07) is 10.1. The van der Waals surface area contributed by atoms with Crippen molar-refractivity contribution in [1.82, 2.24) is 4.90 Å². The predicted molar refractivity (Wildman–Crippen MR) is 156 cm³/mol. The summed E-state index contributed by atoms with van der Waals surface area (Å²) >= 11 is 31.4. The lowest BCUT2D eigenvalue weighted by Gasteiger charge is -2.49. The first kappa shape index (κ1) is 28.8. The first-order valence-electron chi connectivity index (χ1n) is 12.3. The van der Waals surface area contributed by atoms with Gasteiger partial charge in [0.25, 0.3) is 17.7 Å². The van der Waals surface area contributed by atoms with E-state index in [9.17, 15) is 14.4 Å². The highest BCUT2D eigenvalue weighted by atomic mass is 35.5. The second-order valence-electron chi connectivity index (χ2n) is 9.17. The molecule has 208 valence electrons. The van der Waals surface area contributed by atoms with Crippen LogP contribution in [0.25, 0.3) is 0 Å². The Morgan fingerprint density at radius 3 is 1.90 bits per heavy atom. The number of halogens is 5. The normalized spacial score (nSPS) is 18.2. The van der Waals surface area contributed by atoms with Gasteiger partial charge in [0.05, 0.1) is 56.0 Å². The van der Waals surface area contributed by atoms with Crippen LogP contribution < -0.4 is 14.4 Å². The minimum Gasteiger partial charge on any atom is -0.495 e. The number of β-lactam (4-membered cyclic amide) rings is 1. The fraction of sp³-hybridized carbons (Fsp3) is 0.250. The van der Waals surface area contributed by atoms with Gasteiger partial charge < -0.3 is 14.4 Å². The Morgan fingerprint density at radius 1 is 0.775 bits per heavy atom. The van der Waals surface area contributed by atoms with E-state index in [1.54, 1.807) is 42.5 Å². The Bertz CT molecular complexity index is 1500. The number of fused-ring (bicyclic) bond motifs is 1. The third-order valence-electron chi connectivity index (χ3n) is 6.88. The zero-order chi connectivity index (χ0) is 28.9. The number of rotatable bonds is 8. The fourth-order valence-electron chi connectivity index (χ4n) is 4.86. The van der Waals surface area contributed by atoms with Gasteiger partial charge in [-0.05, 0) is 42.3 Å². The van der Waals surface area contributed by atoms with Crippen molar-refractivity contribution in [2.45, 2.75) is 31.8 Å². The number of hydrogen-bond donors (Lipinski definition) is 0. The molecule has 0 N–H and O–H groups in total. The lowest BCUT2D eigenvalue weighted by atomic mass is 9.86. The van der Waals surface area contributed by atoms with Gasteiger partial charge in [-0.15, -0.1) is 0 Å². The molecule has 0 bridgehead atoms. The van der Waals surface area contributed by atoms with E-state index in [0.717, 1.165) is 17.7 Å². The van der Waals surface area contributed by atoms with Crippen molar-refractivity contribution >= 4 is 81.4 Å². The van der Waals surface area contributed by atoms with Crippen LogP contribution in [0.3, 0.4) is 0 Å². The Balaban J connectivity index is 1.57. The second-order valence-corrected chi connectivity index (χ2v) is 11.1. The molecule has 0 aliphatic carbocycles. The Morgan fingerprint density at radius 2 is 1.38 bits per heavy atom. The lowest BCUT2D eigenvalue weighted by Crippen LogP contribution is -2.67. The third-order valence-corrected chi connectivity index (χ3v) is 8.98. The largest absolute Gasteiger partial charge is 0.495 e. The molecular formula is C28H21Cl5N2O5. The minimum absolute atomic E-state index is 0.153. The quantitative estimate of drug-likeness (QED) is 0.0821. The predicted octanol–water partition coefficient (Wildman–Crippen LogP) is 7.89. The number of carbonyl (C=O) groups is 3. The van der Waals surface area contributed by atoms with Crippen LogP contribution in [0.1, 0.15) is 52.1 Å². The zero-order valence-corrected chi connectivity index (χ0v) is 24.9. The highest BCUT2D eigenvalue weighted by Crippen LogP contribution is 2.49. The number of unbranched alkanes of at least 4 members (excludes halogenated alkanes) is 1. The van der Waals surface area contributed by atoms with Gasteiger partial charge in [-0.3, -0.25) is 19.3 Å². The van der Waals surface area contributed by atoms with E-state index in [1.165, 1.54) is 12.0 Å². The number of carbonyl (C=O) groups excluding carboxylic acids is 3. The van der Waals surface area contributed by atoms with E-state index in [-0.39, 0.29) is 31.2 Å². The van der Waals surface area contributed by atoms with Gasteiger partial charge >= 0.3 is 0 Å². The van der Waals surface area contributed by atoms with Crippen molar-refractivity contribution in [2.75, 3.05) is 18.6 Å². The van der Waals surface area contributed by atoms with Gasteiger partial charge in [-0.25, -0.2) is 0 Å². The number of amides is 3. The van der Waals surface area contributed by atoms with Gasteiger partial charge in [0, 0.05) is 5.69 Å². The monoisotopic (exact) mass is 640 g/mol. The number of methoxy groups -OCH3 is 1. The number of anilines is 1. The molecule has 7 nitrogen and oxygen atoms in total. The van der Waals surface area contributed by atoms with Gasteiger partial charge in [-0.1, -0.05) is 83.5 Å². The Hall–Kier alpha value is -2.68. The van der Waals surface area contributed by atoms with Crippen molar-refractivity contribution in [3.63, 3.8) is 0 Å².